The Labute approximate surface area is 94.6 Å². The Morgan fingerprint density at radius 1 is 1.56 bits per heavy atom. The van der Waals surface area contributed by atoms with Crippen molar-refractivity contribution in [2.24, 2.45) is 7.05 Å². The average molecular weight is 245 g/mol. The number of β-amino-alcohol motifs (C(OH)–C–C–N with tert-alkyl or cyclic N) is 1. The number of rotatable bonds is 2. The van der Waals surface area contributed by atoms with Crippen molar-refractivity contribution in [2.45, 2.75) is 24.5 Å². The SMILES string of the molecule is Cc1nc(S(=O)(=O)N2CC[C@H](O)C2)cn1C. The third-order valence-corrected chi connectivity index (χ3v) is 4.55. The molecule has 0 bridgehead atoms. The van der Waals surface area contributed by atoms with Crippen LogP contribution >= 0.6 is 0 Å². The Kier molecular flexibility index (Phi) is 2.77. The lowest BCUT2D eigenvalue weighted by Crippen LogP contribution is -2.30. The minimum atomic E-state index is -3.53. The number of nitrogens with zero attached hydrogens (tertiary/aromatic N) is 3. The van der Waals surface area contributed by atoms with Crippen LogP contribution in [0.25, 0.3) is 0 Å². The van der Waals surface area contributed by atoms with Crippen molar-refractivity contribution in [1.29, 1.82) is 0 Å². The molecule has 2 heterocycles. The maximum Gasteiger partial charge on any atom is 0.262 e. The van der Waals surface area contributed by atoms with Gasteiger partial charge in [-0.05, 0) is 13.3 Å². The second-order valence-corrected chi connectivity index (χ2v) is 5.93. The minimum Gasteiger partial charge on any atom is -0.392 e. The summed E-state index contributed by atoms with van der Waals surface area (Å²) in [5.74, 6) is 0.651. The molecule has 2 rings (SSSR count). The van der Waals surface area contributed by atoms with Crippen LogP contribution in [0.3, 0.4) is 0 Å². The summed E-state index contributed by atoms with van der Waals surface area (Å²) < 4.78 is 27.1. The highest BCUT2D eigenvalue weighted by molar-refractivity contribution is 7.89. The lowest BCUT2D eigenvalue weighted by molar-refractivity contribution is 0.189. The van der Waals surface area contributed by atoms with Crippen molar-refractivity contribution in [3.8, 4) is 0 Å². The van der Waals surface area contributed by atoms with Gasteiger partial charge in [0.05, 0.1) is 6.10 Å². The van der Waals surface area contributed by atoms with Gasteiger partial charge in [-0.1, -0.05) is 0 Å². The first-order valence-electron chi connectivity index (χ1n) is 5.09. The van der Waals surface area contributed by atoms with Crippen molar-refractivity contribution >= 4 is 10.0 Å². The van der Waals surface area contributed by atoms with Crippen LogP contribution in [0.1, 0.15) is 12.2 Å². The predicted molar refractivity (Wildman–Crippen MR) is 57.3 cm³/mol. The molecule has 1 N–H and O–H groups in total. The van der Waals surface area contributed by atoms with E-state index in [9.17, 15) is 13.5 Å². The van der Waals surface area contributed by atoms with Gasteiger partial charge in [0.2, 0.25) is 0 Å². The van der Waals surface area contributed by atoms with Crippen LogP contribution in [-0.4, -0.2) is 46.6 Å². The van der Waals surface area contributed by atoms with Crippen molar-refractivity contribution < 1.29 is 13.5 Å². The molecule has 1 atom stereocenters. The van der Waals surface area contributed by atoms with Crippen molar-refractivity contribution in [3.63, 3.8) is 0 Å². The van der Waals surface area contributed by atoms with E-state index in [0.717, 1.165) is 0 Å². The quantitative estimate of drug-likeness (QED) is 0.761. The van der Waals surface area contributed by atoms with Gasteiger partial charge in [0, 0.05) is 26.3 Å². The molecule has 1 aromatic rings. The molecule has 6 nitrogen and oxygen atoms in total. The first-order valence-corrected chi connectivity index (χ1v) is 6.53. The number of aliphatic hydroxyl groups is 1. The summed E-state index contributed by atoms with van der Waals surface area (Å²) in [7, 11) is -1.78. The van der Waals surface area contributed by atoms with Gasteiger partial charge >= 0.3 is 0 Å². The summed E-state index contributed by atoms with van der Waals surface area (Å²) in [5.41, 5.74) is 0. The zero-order chi connectivity index (χ0) is 11.9. The molecule has 0 amide bonds. The molecule has 1 aromatic heterocycles. The Hall–Kier alpha value is -0.920. The molecule has 0 aromatic carbocycles. The van der Waals surface area contributed by atoms with Crippen LogP contribution < -0.4 is 0 Å². The second-order valence-electron chi connectivity index (χ2n) is 4.04. The lowest BCUT2D eigenvalue weighted by Gasteiger charge is -2.13. The van der Waals surface area contributed by atoms with E-state index in [1.807, 2.05) is 0 Å². The van der Waals surface area contributed by atoms with Crippen molar-refractivity contribution in [2.75, 3.05) is 13.1 Å². The Bertz CT molecular complexity index is 475. The predicted octanol–water partition coefficient (Wildman–Crippen LogP) is -0.516. The van der Waals surface area contributed by atoms with Crippen LogP contribution in [0.4, 0.5) is 0 Å². The number of aromatic nitrogens is 2. The fourth-order valence-electron chi connectivity index (χ4n) is 1.71. The molecular formula is C9H15N3O3S. The van der Waals surface area contributed by atoms with E-state index >= 15 is 0 Å². The fraction of sp³-hybridized carbons (Fsp3) is 0.667. The van der Waals surface area contributed by atoms with Crippen LogP contribution in [0.2, 0.25) is 0 Å². The molecular weight excluding hydrogens is 230 g/mol. The van der Waals surface area contributed by atoms with E-state index < -0.39 is 16.1 Å². The second kappa shape index (κ2) is 3.83. The third-order valence-electron chi connectivity index (χ3n) is 2.82. The summed E-state index contributed by atoms with van der Waals surface area (Å²) in [6.45, 7) is 2.27. The van der Waals surface area contributed by atoms with Crippen molar-refractivity contribution in [1.82, 2.24) is 13.9 Å². The lowest BCUT2D eigenvalue weighted by atomic mass is 10.3. The fourth-order valence-corrected chi connectivity index (χ4v) is 3.23. The molecule has 1 aliphatic rings. The zero-order valence-corrected chi connectivity index (χ0v) is 10.1. The van der Waals surface area contributed by atoms with Crippen LogP contribution in [0.5, 0.6) is 0 Å². The van der Waals surface area contributed by atoms with E-state index in [1.165, 1.54) is 10.5 Å². The highest BCUT2D eigenvalue weighted by atomic mass is 32.2. The number of aliphatic hydroxyl groups excluding tert-OH is 1. The Morgan fingerprint density at radius 2 is 2.25 bits per heavy atom. The van der Waals surface area contributed by atoms with Crippen LogP contribution in [-0.2, 0) is 17.1 Å². The van der Waals surface area contributed by atoms with Gasteiger partial charge in [0.1, 0.15) is 5.82 Å². The van der Waals surface area contributed by atoms with Gasteiger partial charge in [-0.2, -0.15) is 4.31 Å². The molecule has 0 aliphatic carbocycles. The van der Waals surface area contributed by atoms with Gasteiger partial charge in [0.15, 0.2) is 5.03 Å². The van der Waals surface area contributed by atoms with Crippen molar-refractivity contribution in [3.05, 3.63) is 12.0 Å². The summed E-state index contributed by atoms with van der Waals surface area (Å²) in [6.07, 6.45) is 1.43. The molecule has 90 valence electrons. The number of hydrogen-bond donors (Lipinski definition) is 1. The summed E-state index contributed by atoms with van der Waals surface area (Å²) in [4.78, 5) is 4.00. The van der Waals surface area contributed by atoms with Gasteiger partial charge < -0.3 is 9.67 Å². The molecule has 0 unspecified atom stereocenters. The summed E-state index contributed by atoms with van der Waals surface area (Å²) in [5, 5.41) is 9.39. The molecule has 0 spiro atoms. The minimum absolute atomic E-state index is 0.0570. The summed E-state index contributed by atoms with van der Waals surface area (Å²) >= 11 is 0. The topological polar surface area (TPSA) is 75.4 Å². The highest BCUT2D eigenvalue weighted by Crippen LogP contribution is 2.20. The van der Waals surface area contributed by atoms with E-state index in [0.29, 0.717) is 18.8 Å². The standard InChI is InChI=1S/C9H15N3O3S/c1-7-10-9(6-11(7)2)16(14,15)12-4-3-8(13)5-12/h6,8,13H,3-5H2,1-2H3/t8-/m0/s1. The maximum absolute atomic E-state index is 12.1. The van der Waals surface area contributed by atoms with Gasteiger partial charge in [-0.3, -0.25) is 0 Å². The number of sulfonamides is 1. The van der Waals surface area contributed by atoms with Gasteiger partial charge in [-0.15, -0.1) is 0 Å². The molecule has 0 saturated carbocycles. The maximum atomic E-state index is 12.1. The Morgan fingerprint density at radius 3 is 2.69 bits per heavy atom. The van der Waals surface area contributed by atoms with Gasteiger partial charge in [0.25, 0.3) is 10.0 Å². The molecule has 16 heavy (non-hydrogen) atoms. The average Bonchev–Trinajstić information content (AvgIpc) is 2.75. The first-order chi connectivity index (χ1) is 7.41. The van der Waals surface area contributed by atoms with E-state index in [4.69, 9.17) is 0 Å². The molecule has 7 heteroatoms. The zero-order valence-electron chi connectivity index (χ0n) is 9.29. The summed E-state index contributed by atoms with van der Waals surface area (Å²) in [6, 6.07) is 0. The first kappa shape index (κ1) is 11.6. The third kappa shape index (κ3) is 1.85. The van der Waals surface area contributed by atoms with E-state index in [-0.39, 0.29) is 11.6 Å². The van der Waals surface area contributed by atoms with E-state index in [1.54, 1.807) is 18.5 Å². The highest BCUT2D eigenvalue weighted by Gasteiger charge is 2.33. The number of aryl methyl sites for hydroxylation is 2. The van der Waals surface area contributed by atoms with E-state index in [2.05, 4.69) is 4.98 Å². The van der Waals surface area contributed by atoms with Crippen LogP contribution in [0, 0.1) is 6.92 Å². The normalized spacial score (nSPS) is 22.8. The van der Waals surface area contributed by atoms with Crippen LogP contribution in [0.15, 0.2) is 11.2 Å². The molecule has 1 fully saturated rings. The Balaban J connectivity index is 2.32. The monoisotopic (exact) mass is 245 g/mol. The molecule has 0 radical (unpaired) electrons. The largest absolute Gasteiger partial charge is 0.392 e. The number of hydrogen-bond acceptors (Lipinski definition) is 4. The number of imidazole rings is 1. The molecule has 1 saturated heterocycles. The van der Waals surface area contributed by atoms with Gasteiger partial charge in [-0.25, -0.2) is 13.4 Å². The molecule has 1 aliphatic heterocycles. The smallest absolute Gasteiger partial charge is 0.262 e.